The topological polar surface area (TPSA) is 62.1 Å². The first-order valence-electron chi connectivity index (χ1n) is 6.27. The van der Waals surface area contributed by atoms with Crippen LogP contribution in [0.2, 0.25) is 0 Å². The van der Waals surface area contributed by atoms with Gasteiger partial charge in [0.05, 0.1) is 11.6 Å². The maximum atomic E-state index is 13.3. The minimum Gasteiger partial charge on any atom is -0.484 e. The average molecular weight is 284 g/mol. The monoisotopic (exact) mass is 284 g/mol. The third-order valence-electron chi connectivity index (χ3n) is 2.81. The van der Waals surface area contributed by atoms with Crippen molar-refractivity contribution in [2.24, 2.45) is 0 Å². The summed E-state index contributed by atoms with van der Waals surface area (Å²) in [4.78, 5) is 11.7. The van der Waals surface area contributed by atoms with E-state index in [1.807, 2.05) is 6.07 Å². The second-order valence-electron chi connectivity index (χ2n) is 4.44. The van der Waals surface area contributed by atoms with Crippen LogP contribution in [-0.2, 0) is 4.79 Å². The van der Waals surface area contributed by atoms with Crippen LogP contribution in [0, 0.1) is 24.1 Å². The molecule has 2 aromatic carbocycles. The number of benzene rings is 2. The maximum absolute atomic E-state index is 13.3. The van der Waals surface area contributed by atoms with E-state index in [0.29, 0.717) is 22.6 Å². The summed E-state index contributed by atoms with van der Waals surface area (Å²) in [6.45, 7) is 1.43. The zero-order valence-electron chi connectivity index (χ0n) is 11.4. The molecule has 0 unspecified atom stereocenters. The van der Waals surface area contributed by atoms with Crippen molar-refractivity contribution >= 4 is 11.6 Å². The standard InChI is InChI=1S/C16H13FN2O2/c1-11-2-7-14(8-15(11)17)21-10-16(20)19-13-5-3-12(9-18)4-6-13/h2-8H,10H2,1H3,(H,19,20). The fraction of sp³-hybridized carbons (Fsp3) is 0.125. The van der Waals surface area contributed by atoms with Crippen molar-refractivity contribution in [3.8, 4) is 11.8 Å². The number of carbonyl (C=O) groups is 1. The first-order chi connectivity index (χ1) is 10.1. The fourth-order valence-electron chi connectivity index (χ4n) is 1.64. The lowest BCUT2D eigenvalue weighted by molar-refractivity contribution is -0.118. The van der Waals surface area contributed by atoms with E-state index in [1.54, 1.807) is 43.3 Å². The van der Waals surface area contributed by atoms with Crippen LogP contribution in [0.5, 0.6) is 5.75 Å². The number of aryl methyl sites for hydroxylation is 1. The molecule has 2 rings (SSSR count). The highest BCUT2D eigenvalue weighted by atomic mass is 19.1. The molecule has 0 bridgehead atoms. The summed E-state index contributed by atoms with van der Waals surface area (Å²) in [6, 6.07) is 12.9. The number of hydrogen-bond donors (Lipinski definition) is 1. The van der Waals surface area contributed by atoms with Crippen molar-refractivity contribution in [3.05, 3.63) is 59.4 Å². The lowest BCUT2D eigenvalue weighted by atomic mass is 10.2. The van der Waals surface area contributed by atoms with E-state index in [9.17, 15) is 9.18 Å². The summed E-state index contributed by atoms with van der Waals surface area (Å²) in [6.07, 6.45) is 0. The average Bonchev–Trinajstić information content (AvgIpc) is 2.49. The largest absolute Gasteiger partial charge is 0.484 e. The van der Waals surface area contributed by atoms with Gasteiger partial charge in [0.1, 0.15) is 11.6 Å². The van der Waals surface area contributed by atoms with Crippen LogP contribution < -0.4 is 10.1 Å². The first kappa shape index (κ1) is 14.5. The highest BCUT2D eigenvalue weighted by molar-refractivity contribution is 5.91. The number of ether oxygens (including phenoxy) is 1. The zero-order chi connectivity index (χ0) is 15.2. The predicted octanol–water partition coefficient (Wildman–Crippen LogP) is 3.02. The SMILES string of the molecule is Cc1ccc(OCC(=O)Nc2ccc(C#N)cc2)cc1F. The Bertz CT molecular complexity index is 690. The molecule has 0 heterocycles. The van der Waals surface area contributed by atoms with Gasteiger partial charge in [0.15, 0.2) is 6.61 Å². The van der Waals surface area contributed by atoms with Crippen molar-refractivity contribution in [1.82, 2.24) is 0 Å². The van der Waals surface area contributed by atoms with Crippen LogP contribution >= 0.6 is 0 Å². The smallest absolute Gasteiger partial charge is 0.262 e. The molecule has 0 atom stereocenters. The van der Waals surface area contributed by atoms with Crippen molar-refractivity contribution in [1.29, 1.82) is 5.26 Å². The number of rotatable bonds is 4. The van der Waals surface area contributed by atoms with Gasteiger partial charge in [-0.25, -0.2) is 4.39 Å². The Kier molecular flexibility index (Phi) is 4.52. The van der Waals surface area contributed by atoms with Crippen molar-refractivity contribution in [2.45, 2.75) is 6.92 Å². The van der Waals surface area contributed by atoms with Crippen molar-refractivity contribution in [2.75, 3.05) is 11.9 Å². The third kappa shape index (κ3) is 4.05. The van der Waals surface area contributed by atoms with E-state index in [-0.39, 0.29) is 18.3 Å². The Labute approximate surface area is 121 Å². The van der Waals surface area contributed by atoms with Crippen molar-refractivity contribution < 1.29 is 13.9 Å². The van der Waals surface area contributed by atoms with Crippen LogP contribution in [-0.4, -0.2) is 12.5 Å². The fourth-order valence-corrected chi connectivity index (χ4v) is 1.64. The van der Waals surface area contributed by atoms with Crippen LogP contribution in [0.1, 0.15) is 11.1 Å². The summed E-state index contributed by atoms with van der Waals surface area (Å²) < 4.78 is 18.5. The predicted molar refractivity (Wildman–Crippen MR) is 76.4 cm³/mol. The molecule has 0 aromatic heterocycles. The summed E-state index contributed by atoms with van der Waals surface area (Å²) in [5, 5.41) is 11.3. The van der Waals surface area contributed by atoms with Gasteiger partial charge in [0.2, 0.25) is 0 Å². The number of anilines is 1. The molecule has 0 aliphatic carbocycles. The highest BCUT2D eigenvalue weighted by Crippen LogP contribution is 2.16. The summed E-state index contributed by atoms with van der Waals surface area (Å²) in [7, 11) is 0. The number of nitrogens with zero attached hydrogens (tertiary/aromatic N) is 1. The van der Waals surface area contributed by atoms with Gasteiger partial charge in [-0.15, -0.1) is 0 Å². The minimum absolute atomic E-state index is 0.220. The molecule has 0 saturated carbocycles. The first-order valence-corrected chi connectivity index (χ1v) is 6.27. The molecule has 0 radical (unpaired) electrons. The van der Waals surface area contributed by atoms with Gasteiger partial charge >= 0.3 is 0 Å². The van der Waals surface area contributed by atoms with Crippen LogP contribution in [0.4, 0.5) is 10.1 Å². The van der Waals surface area contributed by atoms with E-state index < -0.39 is 0 Å². The van der Waals surface area contributed by atoms with Gasteiger partial charge in [-0.3, -0.25) is 4.79 Å². The minimum atomic E-state index is -0.375. The molecule has 21 heavy (non-hydrogen) atoms. The normalized spacial score (nSPS) is 9.76. The lowest BCUT2D eigenvalue weighted by Crippen LogP contribution is -2.20. The van der Waals surface area contributed by atoms with Gasteiger partial charge in [-0.1, -0.05) is 6.07 Å². The van der Waals surface area contributed by atoms with Gasteiger partial charge in [-0.05, 0) is 42.8 Å². The summed E-state index contributed by atoms with van der Waals surface area (Å²) in [5.74, 6) is -0.436. The molecule has 0 fully saturated rings. The number of amides is 1. The Morgan fingerprint density at radius 1 is 1.29 bits per heavy atom. The molecule has 1 N–H and O–H groups in total. The Morgan fingerprint density at radius 3 is 2.62 bits per heavy atom. The number of nitrogens with one attached hydrogen (secondary N) is 1. The highest BCUT2D eigenvalue weighted by Gasteiger charge is 2.05. The van der Waals surface area contributed by atoms with Crippen LogP contribution in [0.3, 0.4) is 0 Å². The quantitative estimate of drug-likeness (QED) is 0.938. The molecular weight excluding hydrogens is 271 g/mol. The lowest BCUT2D eigenvalue weighted by Gasteiger charge is -2.08. The molecule has 0 aliphatic heterocycles. The van der Waals surface area contributed by atoms with Crippen LogP contribution in [0.25, 0.3) is 0 Å². The number of halogens is 1. The third-order valence-corrected chi connectivity index (χ3v) is 2.81. The zero-order valence-corrected chi connectivity index (χ0v) is 11.4. The molecule has 1 amide bonds. The van der Waals surface area contributed by atoms with E-state index in [4.69, 9.17) is 10.00 Å². The number of hydrogen-bond acceptors (Lipinski definition) is 3. The Balaban J connectivity index is 1.89. The molecule has 4 nitrogen and oxygen atoms in total. The van der Waals surface area contributed by atoms with E-state index in [2.05, 4.69) is 5.32 Å². The van der Waals surface area contributed by atoms with Gasteiger partial charge in [0, 0.05) is 11.8 Å². The molecule has 0 spiro atoms. The van der Waals surface area contributed by atoms with Crippen LogP contribution in [0.15, 0.2) is 42.5 Å². The van der Waals surface area contributed by atoms with Gasteiger partial charge in [0.25, 0.3) is 5.91 Å². The molecule has 0 saturated heterocycles. The van der Waals surface area contributed by atoms with E-state index in [0.717, 1.165) is 0 Å². The molecule has 0 aliphatic rings. The Morgan fingerprint density at radius 2 is 2.00 bits per heavy atom. The second kappa shape index (κ2) is 6.53. The molecule has 106 valence electrons. The summed E-state index contributed by atoms with van der Waals surface area (Å²) in [5.41, 5.74) is 1.60. The number of carbonyl (C=O) groups excluding carboxylic acids is 1. The number of nitriles is 1. The Hall–Kier alpha value is -2.87. The van der Waals surface area contributed by atoms with E-state index in [1.165, 1.54) is 6.07 Å². The van der Waals surface area contributed by atoms with Gasteiger partial charge in [-0.2, -0.15) is 5.26 Å². The second-order valence-corrected chi connectivity index (χ2v) is 4.44. The van der Waals surface area contributed by atoms with Crippen molar-refractivity contribution in [3.63, 3.8) is 0 Å². The molecule has 5 heteroatoms. The van der Waals surface area contributed by atoms with Gasteiger partial charge < -0.3 is 10.1 Å². The summed E-state index contributed by atoms with van der Waals surface area (Å²) >= 11 is 0. The maximum Gasteiger partial charge on any atom is 0.262 e. The molecular formula is C16H13FN2O2. The molecule has 2 aromatic rings. The van der Waals surface area contributed by atoms with E-state index >= 15 is 0 Å².